The fourth-order valence-electron chi connectivity index (χ4n) is 4.94. The van der Waals surface area contributed by atoms with Crippen LogP contribution in [-0.2, 0) is 27.3 Å². The summed E-state index contributed by atoms with van der Waals surface area (Å²) in [5, 5.41) is 12.4. The van der Waals surface area contributed by atoms with Gasteiger partial charge in [0, 0.05) is 17.9 Å². The Kier molecular flexibility index (Phi) is 4.21. The van der Waals surface area contributed by atoms with Crippen LogP contribution >= 0.6 is 0 Å². The number of aliphatic hydroxyl groups is 1. The lowest BCUT2D eigenvalue weighted by atomic mass is 9.74. The van der Waals surface area contributed by atoms with Crippen LogP contribution in [0.3, 0.4) is 0 Å². The van der Waals surface area contributed by atoms with Crippen molar-refractivity contribution in [2.45, 2.75) is 37.1 Å². The quantitative estimate of drug-likeness (QED) is 0.660. The minimum atomic E-state index is -1.17. The fourth-order valence-corrected chi connectivity index (χ4v) is 4.94. The molecular formula is C26H24O3. The first-order valence-corrected chi connectivity index (χ1v) is 10.2. The summed E-state index contributed by atoms with van der Waals surface area (Å²) in [6, 6.07) is 26.4. The van der Waals surface area contributed by atoms with Crippen LogP contribution in [0.2, 0.25) is 0 Å². The molecule has 3 heteroatoms. The minimum absolute atomic E-state index is 0.0921. The van der Waals surface area contributed by atoms with Gasteiger partial charge in [-0.05, 0) is 28.7 Å². The largest absolute Gasteiger partial charge is 0.453 e. The Labute approximate surface area is 171 Å². The number of fused-ring (bicyclic) bond motifs is 1. The van der Waals surface area contributed by atoms with Gasteiger partial charge < -0.3 is 14.6 Å². The Hall–Kier alpha value is -3.04. The van der Waals surface area contributed by atoms with E-state index in [0.717, 1.165) is 28.7 Å². The van der Waals surface area contributed by atoms with Gasteiger partial charge in [-0.25, -0.2) is 0 Å². The van der Waals surface area contributed by atoms with Gasteiger partial charge in [0.25, 0.3) is 5.79 Å². The van der Waals surface area contributed by atoms with Crippen LogP contribution < -0.4 is 0 Å². The van der Waals surface area contributed by atoms with Gasteiger partial charge in [-0.1, -0.05) is 85.8 Å². The molecule has 0 aromatic heterocycles. The number of hydrogen-bond acceptors (Lipinski definition) is 3. The molecule has 0 radical (unpaired) electrons. The molecule has 3 nitrogen and oxygen atoms in total. The van der Waals surface area contributed by atoms with E-state index >= 15 is 0 Å². The van der Waals surface area contributed by atoms with Crippen LogP contribution in [0.15, 0.2) is 91.4 Å². The van der Waals surface area contributed by atoms with Crippen LogP contribution in [-0.4, -0.2) is 5.11 Å². The van der Waals surface area contributed by atoms with Gasteiger partial charge in [-0.15, -0.1) is 0 Å². The second kappa shape index (κ2) is 6.78. The summed E-state index contributed by atoms with van der Waals surface area (Å²) in [4.78, 5) is 0. The molecule has 1 N–H and O–H groups in total. The van der Waals surface area contributed by atoms with Crippen molar-refractivity contribution in [3.8, 4) is 0 Å². The van der Waals surface area contributed by atoms with Gasteiger partial charge in [0.1, 0.15) is 18.1 Å². The molecule has 0 amide bonds. The Bertz CT molecular complexity index is 1050. The Morgan fingerprint density at radius 3 is 2.07 bits per heavy atom. The highest BCUT2D eigenvalue weighted by atomic mass is 16.7. The third-order valence-corrected chi connectivity index (χ3v) is 6.34. The average molecular weight is 384 g/mol. The molecule has 2 atom stereocenters. The smallest absolute Gasteiger partial charge is 0.276 e. The van der Waals surface area contributed by atoms with E-state index in [1.807, 2.05) is 67.6 Å². The van der Waals surface area contributed by atoms with Crippen LogP contribution in [0.1, 0.15) is 47.1 Å². The second-order valence-electron chi connectivity index (χ2n) is 7.75. The Balaban J connectivity index is 1.75. The average Bonchev–Trinajstić information content (AvgIpc) is 3.39. The van der Waals surface area contributed by atoms with Crippen molar-refractivity contribution in [3.63, 3.8) is 0 Å². The molecule has 2 aliphatic rings. The van der Waals surface area contributed by atoms with Gasteiger partial charge in [0.2, 0.25) is 0 Å². The van der Waals surface area contributed by atoms with Crippen molar-refractivity contribution in [3.05, 3.63) is 119 Å². The van der Waals surface area contributed by atoms with Crippen LogP contribution in [0.25, 0.3) is 0 Å². The first-order valence-electron chi connectivity index (χ1n) is 10.2. The highest BCUT2D eigenvalue weighted by molar-refractivity contribution is 5.54. The Morgan fingerprint density at radius 2 is 1.38 bits per heavy atom. The molecular weight excluding hydrogens is 360 g/mol. The third-order valence-electron chi connectivity index (χ3n) is 6.34. The molecule has 0 saturated carbocycles. The molecule has 3 aromatic carbocycles. The van der Waals surface area contributed by atoms with E-state index in [-0.39, 0.29) is 5.92 Å². The maximum absolute atomic E-state index is 12.4. The number of rotatable bonds is 4. The lowest BCUT2D eigenvalue weighted by Crippen LogP contribution is -2.37. The van der Waals surface area contributed by atoms with E-state index in [2.05, 4.69) is 18.2 Å². The second-order valence-corrected chi connectivity index (χ2v) is 7.75. The SMILES string of the molecule is CCC1(c2ccccc2C2(O)c3ccccc3CC2c2ccccc2)OC=CO1. The molecule has 2 unspecified atom stereocenters. The molecule has 29 heavy (non-hydrogen) atoms. The van der Waals surface area contributed by atoms with E-state index in [1.54, 1.807) is 12.5 Å². The summed E-state index contributed by atoms with van der Waals surface area (Å²) in [5.74, 6) is -1.00. The summed E-state index contributed by atoms with van der Waals surface area (Å²) in [7, 11) is 0. The van der Waals surface area contributed by atoms with E-state index in [1.165, 1.54) is 5.56 Å². The molecule has 5 rings (SSSR count). The first kappa shape index (κ1) is 18.0. The van der Waals surface area contributed by atoms with Crippen molar-refractivity contribution in [1.29, 1.82) is 0 Å². The molecule has 1 aliphatic carbocycles. The fraction of sp³-hybridized carbons (Fsp3) is 0.231. The molecule has 0 spiro atoms. The first-order chi connectivity index (χ1) is 14.2. The molecule has 146 valence electrons. The van der Waals surface area contributed by atoms with Gasteiger partial charge in [0.05, 0.1) is 0 Å². The van der Waals surface area contributed by atoms with Crippen LogP contribution in [0.4, 0.5) is 0 Å². The Morgan fingerprint density at radius 1 is 0.793 bits per heavy atom. The number of ether oxygens (including phenoxy) is 2. The highest BCUT2D eigenvalue weighted by Gasteiger charge is 2.51. The monoisotopic (exact) mass is 384 g/mol. The zero-order valence-corrected chi connectivity index (χ0v) is 16.4. The van der Waals surface area contributed by atoms with Crippen LogP contribution in [0, 0.1) is 0 Å². The summed E-state index contributed by atoms with van der Waals surface area (Å²) in [6.45, 7) is 2.03. The summed E-state index contributed by atoms with van der Waals surface area (Å²) < 4.78 is 11.9. The summed E-state index contributed by atoms with van der Waals surface area (Å²) in [6.07, 6.45) is 4.58. The predicted molar refractivity (Wildman–Crippen MR) is 112 cm³/mol. The van der Waals surface area contributed by atoms with Crippen molar-refractivity contribution >= 4 is 0 Å². The van der Waals surface area contributed by atoms with Crippen molar-refractivity contribution < 1.29 is 14.6 Å². The van der Waals surface area contributed by atoms with Crippen molar-refractivity contribution in [2.75, 3.05) is 0 Å². The van der Waals surface area contributed by atoms with Crippen molar-refractivity contribution in [1.82, 2.24) is 0 Å². The van der Waals surface area contributed by atoms with E-state index in [0.29, 0.717) is 6.42 Å². The standard InChI is InChI=1S/C26H24O3/c1-2-25(28-16-17-29-25)22-14-8-9-15-23(22)26(27)21-13-7-6-12-20(21)18-24(26)19-10-4-3-5-11-19/h3-17,24,27H,2,18H2,1H3. The molecule has 3 aromatic rings. The molecule has 0 bridgehead atoms. The third kappa shape index (κ3) is 2.61. The summed E-state index contributed by atoms with van der Waals surface area (Å²) >= 11 is 0. The van der Waals surface area contributed by atoms with Gasteiger partial charge >= 0.3 is 0 Å². The normalized spacial score (nSPS) is 24.0. The maximum atomic E-state index is 12.4. The van der Waals surface area contributed by atoms with Crippen molar-refractivity contribution in [2.24, 2.45) is 0 Å². The molecule has 0 saturated heterocycles. The van der Waals surface area contributed by atoms with Gasteiger partial charge in [-0.3, -0.25) is 0 Å². The van der Waals surface area contributed by atoms with E-state index < -0.39 is 11.4 Å². The lowest BCUT2D eigenvalue weighted by molar-refractivity contribution is -0.154. The van der Waals surface area contributed by atoms with Gasteiger partial charge in [-0.2, -0.15) is 0 Å². The molecule has 1 aliphatic heterocycles. The topological polar surface area (TPSA) is 38.7 Å². The lowest BCUT2D eigenvalue weighted by Gasteiger charge is -2.37. The van der Waals surface area contributed by atoms with E-state index in [9.17, 15) is 5.11 Å². The zero-order chi connectivity index (χ0) is 19.9. The zero-order valence-electron chi connectivity index (χ0n) is 16.4. The maximum Gasteiger partial charge on any atom is 0.276 e. The minimum Gasteiger partial charge on any atom is -0.453 e. The van der Waals surface area contributed by atoms with E-state index in [4.69, 9.17) is 9.47 Å². The summed E-state index contributed by atoms with van der Waals surface area (Å²) in [5.41, 5.74) is 3.79. The predicted octanol–water partition coefficient (Wildman–Crippen LogP) is 5.34. The van der Waals surface area contributed by atoms with Gasteiger partial charge in [0.15, 0.2) is 0 Å². The molecule has 1 heterocycles. The number of hydrogen-bond donors (Lipinski definition) is 1. The number of benzene rings is 3. The van der Waals surface area contributed by atoms with Crippen LogP contribution in [0.5, 0.6) is 0 Å². The highest BCUT2D eigenvalue weighted by Crippen LogP contribution is 2.53. The molecule has 0 fully saturated rings.